The number of piperidine rings is 1. The molecule has 0 aromatic carbocycles. The first-order chi connectivity index (χ1) is 8.59. The number of nitrogens with one attached hydrogen (secondary N) is 1. The lowest BCUT2D eigenvalue weighted by Gasteiger charge is -2.31. The van der Waals surface area contributed by atoms with Gasteiger partial charge in [-0.2, -0.15) is 0 Å². The molecule has 1 atom stereocenters. The molecular weight excluding hydrogens is 224 g/mol. The molecule has 0 radical (unpaired) electrons. The number of aliphatic hydroxyl groups is 1. The van der Waals surface area contributed by atoms with E-state index in [4.69, 9.17) is 0 Å². The summed E-state index contributed by atoms with van der Waals surface area (Å²) in [5, 5.41) is 12.8. The summed E-state index contributed by atoms with van der Waals surface area (Å²) in [6, 6.07) is 0. The van der Waals surface area contributed by atoms with Crippen molar-refractivity contribution in [2.45, 2.75) is 58.4 Å². The minimum atomic E-state index is -0.0782. The van der Waals surface area contributed by atoms with Crippen LogP contribution in [0.3, 0.4) is 0 Å². The van der Waals surface area contributed by atoms with Crippen molar-refractivity contribution in [3.8, 4) is 0 Å². The zero-order chi connectivity index (χ0) is 13.4. The van der Waals surface area contributed by atoms with Crippen LogP contribution < -0.4 is 5.32 Å². The van der Waals surface area contributed by atoms with Crippen LogP contribution in [0, 0.1) is 5.92 Å². The molecule has 0 bridgehead atoms. The van der Waals surface area contributed by atoms with E-state index in [9.17, 15) is 5.11 Å². The third-order valence-corrected chi connectivity index (χ3v) is 4.28. The molecule has 108 valence electrons. The summed E-state index contributed by atoms with van der Waals surface area (Å²) in [5.41, 5.74) is -0.0782. The minimum Gasteiger partial charge on any atom is -0.394 e. The van der Waals surface area contributed by atoms with Crippen molar-refractivity contribution in [1.82, 2.24) is 10.2 Å². The number of hydrogen-bond donors (Lipinski definition) is 2. The van der Waals surface area contributed by atoms with Crippen molar-refractivity contribution in [3.05, 3.63) is 0 Å². The maximum absolute atomic E-state index is 9.42. The molecule has 3 heteroatoms. The van der Waals surface area contributed by atoms with Crippen LogP contribution in [0.2, 0.25) is 0 Å². The van der Waals surface area contributed by atoms with Gasteiger partial charge in [-0.3, -0.25) is 0 Å². The van der Waals surface area contributed by atoms with E-state index >= 15 is 0 Å². The lowest BCUT2D eigenvalue weighted by molar-refractivity contribution is 0.157. The molecule has 0 aromatic heterocycles. The fourth-order valence-electron chi connectivity index (χ4n) is 2.79. The molecular formula is C15H32N2O. The highest BCUT2D eigenvalue weighted by Crippen LogP contribution is 2.18. The van der Waals surface area contributed by atoms with E-state index in [1.54, 1.807) is 0 Å². The zero-order valence-corrected chi connectivity index (χ0v) is 12.5. The first-order valence-corrected chi connectivity index (χ1v) is 7.68. The number of aliphatic hydroxyl groups excluding tert-OH is 1. The molecule has 0 aromatic rings. The van der Waals surface area contributed by atoms with Gasteiger partial charge in [0.05, 0.1) is 6.61 Å². The molecule has 0 aliphatic carbocycles. The smallest absolute Gasteiger partial charge is 0.0610 e. The highest BCUT2D eigenvalue weighted by atomic mass is 16.3. The van der Waals surface area contributed by atoms with Gasteiger partial charge in [0.25, 0.3) is 0 Å². The second-order valence-electron chi connectivity index (χ2n) is 6.23. The fraction of sp³-hybridized carbons (Fsp3) is 1.00. The predicted octanol–water partition coefficient (Wildman–Crippen LogP) is 2.25. The van der Waals surface area contributed by atoms with E-state index in [-0.39, 0.29) is 12.1 Å². The fourth-order valence-corrected chi connectivity index (χ4v) is 2.79. The van der Waals surface area contributed by atoms with Crippen LogP contribution >= 0.6 is 0 Å². The molecule has 1 fully saturated rings. The Labute approximate surface area is 113 Å². The van der Waals surface area contributed by atoms with Gasteiger partial charge in [-0.25, -0.2) is 0 Å². The molecule has 1 rings (SSSR count). The second-order valence-corrected chi connectivity index (χ2v) is 6.23. The van der Waals surface area contributed by atoms with Crippen molar-refractivity contribution in [3.63, 3.8) is 0 Å². The van der Waals surface area contributed by atoms with Gasteiger partial charge in [0.2, 0.25) is 0 Å². The quantitative estimate of drug-likeness (QED) is 0.654. The number of likely N-dealkylation sites (N-methyl/N-ethyl adjacent to an activating group) is 1. The zero-order valence-electron chi connectivity index (χ0n) is 12.5. The highest BCUT2D eigenvalue weighted by molar-refractivity contribution is 4.81. The normalized spacial score (nSPS) is 22.0. The van der Waals surface area contributed by atoms with Gasteiger partial charge in [0, 0.05) is 5.54 Å². The van der Waals surface area contributed by atoms with Crippen molar-refractivity contribution >= 4 is 0 Å². The number of hydrogen-bond acceptors (Lipinski definition) is 3. The van der Waals surface area contributed by atoms with Crippen molar-refractivity contribution in [1.29, 1.82) is 0 Å². The van der Waals surface area contributed by atoms with Crippen molar-refractivity contribution in [2.75, 3.05) is 32.8 Å². The molecule has 1 aliphatic heterocycles. The molecule has 18 heavy (non-hydrogen) atoms. The van der Waals surface area contributed by atoms with Crippen molar-refractivity contribution < 1.29 is 5.11 Å². The third kappa shape index (κ3) is 5.68. The molecule has 3 nitrogen and oxygen atoms in total. The van der Waals surface area contributed by atoms with E-state index in [2.05, 4.69) is 31.0 Å². The topological polar surface area (TPSA) is 35.5 Å². The van der Waals surface area contributed by atoms with E-state index in [1.165, 1.54) is 45.3 Å². The number of likely N-dealkylation sites (tertiary alicyclic amines) is 1. The van der Waals surface area contributed by atoms with E-state index in [1.807, 2.05) is 0 Å². The molecule has 0 amide bonds. The lowest BCUT2D eigenvalue weighted by atomic mass is 9.95. The number of rotatable bonds is 8. The van der Waals surface area contributed by atoms with E-state index in [0.29, 0.717) is 0 Å². The van der Waals surface area contributed by atoms with Crippen LogP contribution in [-0.4, -0.2) is 48.3 Å². The van der Waals surface area contributed by atoms with Crippen LogP contribution in [0.1, 0.15) is 52.9 Å². The average Bonchev–Trinajstić information content (AvgIpc) is 2.37. The van der Waals surface area contributed by atoms with Crippen LogP contribution in [0.15, 0.2) is 0 Å². The first-order valence-electron chi connectivity index (χ1n) is 7.68. The summed E-state index contributed by atoms with van der Waals surface area (Å²) in [6.45, 7) is 11.6. The molecule has 1 saturated heterocycles. The SMILES string of the molecule is CCNC(C)(CO)CCCCN1CCC(C)CC1. The van der Waals surface area contributed by atoms with Gasteiger partial charge < -0.3 is 15.3 Å². The van der Waals surface area contributed by atoms with Gasteiger partial charge in [0.15, 0.2) is 0 Å². The standard InChI is InChI=1S/C15H32N2O/c1-4-16-15(3,13-18)9-5-6-10-17-11-7-14(2)8-12-17/h14,16,18H,4-13H2,1-3H3. The van der Waals surface area contributed by atoms with Crippen LogP contribution in [-0.2, 0) is 0 Å². The van der Waals surface area contributed by atoms with Gasteiger partial charge >= 0.3 is 0 Å². The van der Waals surface area contributed by atoms with E-state index < -0.39 is 0 Å². The van der Waals surface area contributed by atoms with E-state index in [0.717, 1.165) is 18.9 Å². The Morgan fingerprint density at radius 2 is 1.94 bits per heavy atom. The molecule has 0 saturated carbocycles. The minimum absolute atomic E-state index is 0.0782. The van der Waals surface area contributed by atoms with Crippen LogP contribution in [0.5, 0.6) is 0 Å². The average molecular weight is 256 g/mol. The third-order valence-electron chi connectivity index (χ3n) is 4.28. The Balaban J connectivity index is 2.10. The summed E-state index contributed by atoms with van der Waals surface area (Å²) in [4.78, 5) is 2.60. The monoisotopic (exact) mass is 256 g/mol. The van der Waals surface area contributed by atoms with Gasteiger partial charge in [-0.15, -0.1) is 0 Å². The maximum Gasteiger partial charge on any atom is 0.0610 e. The summed E-state index contributed by atoms with van der Waals surface area (Å²) in [7, 11) is 0. The summed E-state index contributed by atoms with van der Waals surface area (Å²) in [5.74, 6) is 0.924. The molecule has 1 aliphatic rings. The number of unbranched alkanes of at least 4 members (excludes halogenated alkanes) is 1. The summed E-state index contributed by atoms with van der Waals surface area (Å²) >= 11 is 0. The maximum atomic E-state index is 9.42. The van der Waals surface area contributed by atoms with Crippen molar-refractivity contribution in [2.24, 2.45) is 5.92 Å². The summed E-state index contributed by atoms with van der Waals surface area (Å²) < 4.78 is 0. The Kier molecular flexibility index (Phi) is 7.20. The summed E-state index contributed by atoms with van der Waals surface area (Å²) in [6.07, 6.45) is 6.27. The molecule has 1 heterocycles. The lowest BCUT2D eigenvalue weighted by Crippen LogP contribution is -2.45. The Morgan fingerprint density at radius 3 is 2.50 bits per heavy atom. The van der Waals surface area contributed by atoms with Gasteiger partial charge in [0.1, 0.15) is 0 Å². The first kappa shape index (κ1) is 15.9. The Morgan fingerprint density at radius 1 is 1.28 bits per heavy atom. The van der Waals surface area contributed by atoms with Gasteiger partial charge in [-0.05, 0) is 64.7 Å². The Bertz CT molecular complexity index is 215. The van der Waals surface area contributed by atoms with Crippen LogP contribution in [0.4, 0.5) is 0 Å². The molecule has 2 N–H and O–H groups in total. The second kappa shape index (κ2) is 8.13. The van der Waals surface area contributed by atoms with Crippen LogP contribution in [0.25, 0.3) is 0 Å². The molecule has 0 spiro atoms. The molecule has 1 unspecified atom stereocenters. The van der Waals surface area contributed by atoms with Gasteiger partial charge in [-0.1, -0.05) is 20.3 Å². The largest absolute Gasteiger partial charge is 0.394 e. The highest BCUT2D eigenvalue weighted by Gasteiger charge is 2.21. The number of nitrogens with zero attached hydrogens (tertiary/aromatic N) is 1. The Hall–Kier alpha value is -0.120. The predicted molar refractivity (Wildman–Crippen MR) is 77.9 cm³/mol.